The van der Waals surface area contributed by atoms with Crippen LogP contribution in [-0.4, -0.2) is 21.7 Å². The smallest absolute Gasteiger partial charge is 0.220 e. The first-order valence-electron chi connectivity index (χ1n) is 7.84. The zero-order chi connectivity index (χ0) is 15.4. The predicted molar refractivity (Wildman–Crippen MR) is 92.6 cm³/mol. The molecule has 2 atom stereocenters. The number of benzene rings is 1. The summed E-state index contributed by atoms with van der Waals surface area (Å²) in [7, 11) is 0. The first-order valence-corrected chi connectivity index (χ1v) is 7.84. The normalized spacial score (nSPS) is 20.0. The fourth-order valence-electron chi connectivity index (χ4n) is 3.00. The molecule has 3 N–H and O–H groups in total. The van der Waals surface area contributed by atoms with Crippen LogP contribution in [0.25, 0.3) is 5.69 Å². The van der Waals surface area contributed by atoms with Crippen molar-refractivity contribution in [2.75, 3.05) is 0 Å². The highest BCUT2D eigenvalue weighted by molar-refractivity contribution is 5.85. The Balaban J connectivity index is 0.00000192. The molecule has 2 aromatic rings. The van der Waals surface area contributed by atoms with Gasteiger partial charge in [0.15, 0.2) is 0 Å². The molecule has 3 rings (SSSR count). The number of hydrogen-bond donors (Lipinski definition) is 2. The van der Waals surface area contributed by atoms with Crippen molar-refractivity contribution in [3.05, 3.63) is 48.3 Å². The molecule has 124 valence electrons. The number of para-hydroxylation sites is 1. The SMILES string of the molecule is Cl.N[C@@H]1CCC[C@H]1CC(=O)NCc1ccn(-c2ccccc2)n1. The van der Waals surface area contributed by atoms with Gasteiger partial charge in [-0.05, 0) is 37.0 Å². The van der Waals surface area contributed by atoms with Crippen molar-refractivity contribution < 1.29 is 4.79 Å². The van der Waals surface area contributed by atoms with Gasteiger partial charge in [-0.25, -0.2) is 4.68 Å². The molecular formula is C17H23ClN4O. The van der Waals surface area contributed by atoms with Crippen LogP contribution in [0.3, 0.4) is 0 Å². The lowest BCUT2D eigenvalue weighted by Crippen LogP contribution is -2.31. The molecule has 0 radical (unpaired) electrons. The second-order valence-corrected chi connectivity index (χ2v) is 5.92. The molecule has 1 amide bonds. The van der Waals surface area contributed by atoms with Gasteiger partial charge in [0, 0.05) is 18.7 Å². The van der Waals surface area contributed by atoms with Gasteiger partial charge in [-0.1, -0.05) is 24.6 Å². The Morgan fingerprint density at radius 3 is 2.74 bits per heavy atom. The molecule has 1 aliphatic rings. The molecule has 0 unspecified atom stereocenters. The minimum atomic E-state index is 0. The number of nitrogens with one attached hydrogen (secondary N) is 1. The molecule has 0 aliphatic heterocycles. The van der Waals surface area contributed by atoms with Crippen LogP contribution in [0.15, 0.2) is 42.6 Å². The van der Waals surface area contributed by atoms with Crippen molar-refractivity contribution in [3.63, 3.8) is 0 Å². The summed E-state index contributed by atoms with van der Waals surface area (Å²) in [4.78, 5) is 12.0. The third-order valence-corrected chi connectivity index (χ3v) is 4.30. The summed E-state index contributed by atoms with van der Waals surface area (Å²) in [5, 5.41) is 7.42. The number of carbonyl (C=O) groups is 1. The minimum Gasteiger partial charge on any atom is -0.350 e. The van der Waals surface area contributed by atoms with Crippen LogP contribution in [0.4, 0.5) is 0 Å². The van der Waals surface area contributed by atoms with E-state index in [2.05, 4.69) is 10.4 Å². The molecule has 1 heterocycles. The maximum absolute atomic E-state index is 12.0. The van der Waals surface area contributed by atoms with Gasteiger partial charge in [0.05, 0.1) is 17.9 Å². The monoisotopic (exact) mass is 334 g/mol. The number of aromatic nitrogens is 2. The van der Waals surface area contributed by atoms with Crippen LogP contribution in [0.1, 0.15) is 31.4 Å². The molecule has 1 aromatic heterocycles. The summed E-state index contributed by atoms with van der Waals surface area (Å²) in [6.07, 6.45) is 5.68. The van der Waals surface area contributed by atoms with Crippen LogP contribution in [-0.2, 0) is 11.3 Å². The third kappa shape index (κ3) is 4.56. The third-order valence-electron chi connectivity index (χ3n) is 4.30. The van der Waals surface area contributed by atoms with Gasteiger partial charge in [-0.2, -0.15) is 5.10 Å². The predicted octanol–water partition coefficient (Wildman–Crippen LogP) is 2.43. The van der Waals surface area contributed by atoms with Crippen molar-refractivity contribution in [3.8, 4) is 5.69 Å². The van der Waals surface area contributed by atoms with Crippen molar-refractivity contribution in [2.24, 2.45) is 11.7 Å². The summed E-state index contributed by atoms with van der Waals surface area (Å²) >= 11 is 0. The fourth-order valence-corrected chi connectivity index (χ4v) is 3.00. The van der Waals surface area contributed by atoms with E-state index in [1.54, 1.807) is 0 Å². The van der Waals surface area contributed by atoms with E-state index in [-0.39, 0.29) is 24.4 Å². The van der Waals surface area contributed by atoms with Crippen LogP contribution >= 0.6 is 12.4 Å². The lowest BCUT2D eigenvalue weighted by molar-refractivity contribution is -0.122. The van der Waals surface area contributed by atoms with E-state index in [9.17, 15) is 4.79 Å². The highest BCUT2D eigenvalue weighted by Crippen LogP contribution is 2.26. The van der Waals surface area contributed by atoms with Crippen LogP contribution in [0.5, 0.6) is 0 Å². The van der Waals surface area contributed by atoms with E-state index in [1.807, 2.05) is 47.3 Å². The quantitative estimate of drug-likeness (QED) is 0.882. The topological polar surface area (TPSA) is 72.9 Å². The maximum Gasteiger partial charge on any atom is 0.220 e. The number of nitrogens with zero attached hydrogens (tertiary/aromatic N) is 2. The molecule has 5 nitrogen and oxygen atoms in total. The Labute approximate surface area is 142 Å². The highest BCUT2D eigenvalue weighted by atomic mass is 35.5. The van der Waals surface area contributed by atoms with Crippen molar-refractivity contribution >= 4 is 18.3 Å². The Kier molecular flexibility index (Phi) is 6.19. The Bertz CT molecular complexity index is 629. The van der Waals surface area contributed by atoms with Gasteiger partial charge in [-0.3, -0.25) is 4.79 Å². The van der Waals surface area contributed by atoms with Crippen LogP contribution in [0, 0.1) is 5.92 Å². The molecule has 23 heavy (non-hydrogen) atoms. The number of nitrogens with two attached hydrogens (primary N) is 1. The standard InChI is InChI=1S/C17H22N4O.ClH/c18-16-8-4-5-13(16)11-17(22)19-12-14-9-10-21(20-14)15-6-2-1-3-7-15;/h1-3,6-7,9-10,13,16H,4-5,8,11-12,18H2,(H,19,22);1H/t13-,16+;/m0./s1. The molecule has 6 heteroatoms. The Hall–Kier alpha value is -1.85. The summed E-state index contributed by atoms with van der Waals surface area (Å²) in [5.41, 5.74) is 7.87. The van der Waals surface area contributed by atoms with Gasteiger partial charge in [0.2, 0.25) is 5.91 Å². The van der Waals surface area contributed by atoms with Gasteiger partial charge < -0.3 is 11.1 Å². The average molecular weight is 335 g/mol. The van der Waals surface area contributed by atoms with Crippen molar-refractivity contribution in [2.45, 2.75) is 38.3 Å². The van der Waals surface area contributed by atoms with Crippen LogP contribution in [0.2, 0.25) is 0 Å². The second kappa shape index (κ2) is 8.13. The zero-order valence-electron chi connectivity index (χ0n) is 13.0. The van der Waals surface area contributed by atoms with E-state index in [1.165, 1.54) is 0 Å². The fraction of sp³-hybridized carbons (Fsp3) is 0.412. The average Bonchev–Trinajstić information content (AvgIpc) is 3.16. The first kappa shape index (κ1) is 17.5. The van der Waals surface area contributed by atoms with Gasteiger partial charge in [0.25, 0.3) is 0 Å². The van der Waals surface area contributed by atoms with E-state index >= 15 is 0 Å². The van der Waals surface area contributed by atoms with Crippen molar-refractivity contribution in [1.82, 2.24) is 15.1 Å². The number of halogens is 1. The molecule has 1 aliphatic carbocycles. The first-order chi connectivity index (χ1) is 10.7. The zero-order valence-corrected chi connectivity index (χ0v) is 13.8. The van der Waals surface area contributed by atoms with E-state index in [4.69, 9.17) is 5.73 Å². The molecular weight excluding hydrogens is 312 g/mol. The second-order valence-electron chi connectivity index (χ2n) is 5.92. The van der Waals surface area contributed by atoms with E-state index in [0.29, 0.717) is 18.9 Å². The van der Waals surface area contributed by atoms with Gasteiger partial charge >= 0.3 is 0 Å². The lowest BCUT2D eigenvalue weighted by Gasteiger charge is -2.14. The largest absolute Gasteiger partial charge is 0.350 e. The molecule has 1 fully saturated rings. The van der Waals surface area contributed by atoms with Crippen LogP contribution < -0.4 is 11.1 Å². The highest BCUT2D eigenvalue weighted by Gasteiger charge is 2.25. The minimum absolute atomic E-state index is 0. The number of carbonyl (C=O) groups excluding carboxylic acids is 1. The van der Waals surface area contributed by atoms with E-state index < -0.39 is 0 Å². The van der Waals surface area contributed by atoms with Gasteiger partial charge in [0.1, 0.15) is 0 Å². The summed E-state index contributed by atoms with van der Waals surface area (Å²) < 4.78 is 1.81. The number of amides is 1. The molecule has 1 aromatic carbocycles. The Morgan fingerprint density at radius 2 is 2.04 bits per heavy atom. The number of hydrogen-bond acceptors (Lipinski definition) is 3. The lowest BCUT2D eigenvalue weighted by atomic mass is 10.00. The molecule has 1 saturated carbocycles. The molecule has 0 bridgehead atoms. The molecule has 0 spiro atoms. The molecule has 0 saturated heterocycles. The summed E-state index contributed by atoms with van der Waals surface area (Å²) in [6, 6.07) is 12.0. The summed E-state index contributed by atoms with van der Waals surface area (Å²) in [6.45, 7) is 0.459. The number of rotatable bonds is 5. The maximum atomic E-state index is 12.0. The van der Waals surface area contributed by atoms with Crippen molar-refractivity contribution in [1.29, 1.82) is 0 Å². The van der Waals surface area contributed by atoms with E-state index in [0.717, 1.165) is 30.6 Å². The Morgan fingerprint density at radius 1 is 1.26 bits per heavy atom. The summed E-state index contributed by atoms with van der Waals surface area (Å²) in [5.74, 6) is 0.401. The van der Waals surface area contributed by atoms with Gasteiger partial charge in [-0.15, -0.1) is 12.4 Å².